The molecule has 32 heavy (non-hydrogen) atoms. The highest BCUT2D eigenvalue weighted by Crippen LogP contribution is 2.04. The molecule has 3 unspecified atom stereocenters. The van der Waals surface area contributed by atoms with Crippen molar-refractivity contribution in [3.63, 3.8) is 0 Å². The van der Waals surface area contributed by atoms with Gasteiger partial charge in [0.05, 0.1) is 12.9 Å². The quantitative estimate of drug-likeness (QED) is 0.0736. The van der Waals surface area contributed by atoms with E-state index in [2.05, 4.69) is 30.9 Å². The van der Waals surface area contributed by atoms with Crippen LogP contribution in [-0.2, 0) is 25.6 Å². The van der Waals surface area contributed by atoms with Gasteiger partial charge in [-0.25, -0.2) is 4.98 Å². The Morgan fingerprint density at radius 1 is 1.12 bits per heavy atom. The highest BCUT2D eigenvalue weighted by Gasteiger charge is 2.28. The second-order valence-corrected chi connectivity index (χ2v) is 6.75. The summed E-state index contributed by atoms with van der Waals surface area (Å²) in [6, 6.07) is -3.53. The number of hydrogen-bond donors (Lipinski definition) is 9. The summed E-state index contributed by atoms with van der Waals surface area (Å²) >= 11 is 0. The normalized spacial score (nSPS) is 13.3. The van der Waals surface area contributed by atoms with E-state index in [4.69, 9.17) is 27.4 Å². The summed E-state index contributed by atoms with van der Waals surface area (Å²) in [7, 11) is 0. The molecule has 15 heteroatoms. The van der Waals surface area contributed by atoms with Crippen LogP contribution in [0.1, 0.15) is 18.5 Å². The van der Waals surface area contributed by atoms with Crippen LogP contribution in [0.4, 0.5) is 0 Å². The van der Waals surface area contributed by atoms with Gasteiger partial charge in [-0.05, 0) is 12.8 Å². The number of carboxylic acid groups (broad SMARTS) is 1. The van der Waals surface area contributed by atoms with Crippen LogP contribution in [0.15, 0.2) is 17.5 Å². The van der Waals surface area contributed by atoms with Crippen LogP contribution >= 0.6 is 0 Å². The van der Waals surface area contributed by atoms with E-state index in [-0.39, 0.29) is 25.3 Å². The van der Waals surface area contributed by atoms with Gasteiger partial charge in [-0.2, -0.15) is 0 Å². The minimum atomic E-state index is -1.26. The Morgan fingerprint density at radius 2 is 1.81 bits per heavy atom. The molecule has 3 amide bonds. The maximum Gasteiger partial charge on any atom is 0.322 e. The van der Waals surface area contributed by atoms with Crippen LogP contribution in [0.2, 0.25) is 0 Å². The van der Waals surface area contributed by atoms with E-state index in [0.29, 0.717) is 12.1 Å². The maximum absolute atomic E-state index is 12.9. The van der Waals surface area contributed by atoms with E-state index < -0.39 is 55.0 Å². The summed E-state index contributed by atoms with van der Waals surface area (Å²) in [6.07, 6.45) is 3.22. The third-order valence-electron chi connectivity index (χ3n) is 4.14. The third kappa shape index (κ3) is 9.86. The first-order valence-electron chi connectivity index (χ1n) is 9.63. The zero-order valence-electron chi connectivity index (χ0n) is 17.3. The molecule has 0 aromatic carbocycles. The van der Waals surface area contributed by atoms with Crippen molar-refractivity contribution in [1.29, 1.82) is 0 Å². The molecule has 0 radical (unpaired) electrons. The molecule has 0 spiro atoms. The molecule has 0 aliphatic heterocycles. The van der Waals surface area contributed by atoms with Crippen molar-refractivity contribution < 1.29 is 29.4 Å². The van der Waals surface area contributed by atoms with Gasteiger partial charge in [0.1, 0.15) is 24.7 Å². The smallest absolute Gasteiger partial charge is 0.322 e. The van der Waals surface area contributed by atoms with E-state index in [1.54, 1.807) is 0 Å². The molecule has 15 nitrogen and oxygen atoms in total. The van der Waals surface area contributed by atoms with Crippen molar-refractivity contribution in [2.75, 3.05) is 19.7 Å². The number of nitrogens with zero attached hydrogens (tertiary/aromatic N) is 2. The average Bonchev–Trinajstić information content (AvgIpc) is 3.25. The molecule has 0 saturated heterocycles. The van der Waals surface area contributed by atoms with Gasteiger partial charge < -0.3 is 48.3 Å². The number of aromatic nitrogens is 2. The number of aliphatic hydroxyl groups is 1. The Hall–Kier alpha value is -3.72. The number of carboxylic acids is 1. The molecule has 1 rings (SSSR count). The Balaban J connectivity index is 2.93. The van der Waals surface area contributed by atoms with Crippen LogP contribution in [0, 0.1) is 0 Å². The number of hydrogen-bond acceptors (Lipinski definition) is 8. The van der Waals surface area contributed by atoms with E-state index in [9.17, 15) is 19.2 Å². The lowest BCUT2D eigenvalue weighted by Gasteiger charge is -2.23. The number of aliphatic hydroxyl groups excluding tert-OH is 1. The lowest BCUT2D eigenvalue weighted by molar-refractivity contribution is -0.138. The summed E-state index contributed by atoms with van der Waals surface area (Å²) < 4.78 is 0. The molecule has 0 aliphatic carbocycles. The van der Waals surface area contributed by atoms with Gasteiger partial charge in [0.2, 0.25) is 17.7 Å². The molecular formula is C17H29N9O6. The zero-order valence-corrected chi connectivity index (χ0v) is 17.3. The molecule has 178 valence electrons. The molecule has 12 N–H and O–H groups in total. The topological polar surface area (TPSA) is 264 Å². The van der Waals surface area contributed by atoms with Gasteiger partial charge in [0.25, 0.3) is 0 Å². The van der Waals surface area contributed by atoms with Gasteiger partial charge in [-0.15, -0.1) is 0 Å². The predicted molar refractivity (Wildman–Crippen MR) is 112 cm³/mol. The van der Waals surface area contributed by atoms with Gasteiger partial charge in [0, 0.05) is 24.9 Å². The highest BCUT2D eigenvalue weighted by molar-refractivity contribution is 5.93. The van der Waals surface area contributed by atoms with Crippen LogP contribution in [-0.4, -0.2) is 87.7 Å². The fraction of sp³-hybridized carbons (Fsp3) is 0.529. The fourth-order valence-electron chi connectivity index (χ4n) is 2.52. The largest absolute Gasteiger partial charge is 0.480 e. The van der Waals surface area contributed by atoms with Crippen molar-refractivity contribution in [2.45, 2.75) is 37.4 Å². The first-order chi connectivity index (χ1) is 15.1. The molecule has 1 aromatic rings. The SMILES string of the molecule is NC(N)=NCCCC(NC(=O)C(N)CO)C(=O)NC(Cc1cnc[nH]1)C(=O)NCC(=O)O. The van der Waals surface area contributed by atoms with Crippen molar-refractivity contribution in [3.05, 3.63) is 18.2 Å². The average molecular weight is 455 g/mol. The highest BCUT2D eigenvalue weighted by atomic mass is 16.4. The van der Waals surface area contributed by atoms with E-state index in [1.807, 2.05) is 0 Å². The summed E-state index contributed by atoms with van der Waals surface area (Å²) in [5.41, 5.74) is 16.5. The van der Waals surface area contributed by atoms with Gasteiger partial charge in [0.15, 0.2) is 5.96 Å². The fourth-order valence-corrected chi connectivity index (χ4v) is 2.52. The Kier molecular flexibility index (Phi) is 11.1. The predicted octanol–water partition coefficient (Wildman–Crippen LogP) is -4.50. The number of aliphatic imine (C=N–C) groups is 1. The second-order valence-electron chi connectivity index (χ2n) is 6.75. The van der Waals surface area contributed by atoms with E-state index >= 15 is 0 Å². The standard InChI is InChI=1S/C17H29N9O6/c18-10(7-27)14(30)25-11(2-1-3-22-17(19)20)16(32)26-12(4-9-5-21-8-24-9)15(31)23-6-13(28)29/h5,8,10-12,27H,1-4,6-7,18H2,(H,21,24)(H,23,31)(H,25,30)(H,26,32)(H,28,29)(H4,19,20,22). The molecule has 0 bridgehead atoms. The molecule has 1 aromatic heterocycles. The number of imidazole rings is 1. The van der Waals surface area contributed by atoms with Crippen LogP contribution in [0.3, 0.4) is 0 Å². The summed E-state index contributed by atoms with van der Waals surface area (Å²) in [5, 5.41) is 24.9. The van der Waals surface area contributed by atoms with E-state index in [1.165, 1.54) is 12.5 Å². The summed E-state index contributed by atoms with van der Waals surface area (Å²) in [4.78, 5) is 58.6. The lowest BCUT2D eigenvalue weighted by Crippen LogP contribution is -2.57. The number of nitrogens with two attached hydrogens (primary N) is 3. The lowest BCUT2D eigenvalue weighted by atomic mass is 10.1. The first kappa shape index (κ1) is 26.3. The molecule has 0 saturated carbocycles. The number of guanidine groups is 1. The molecule has 0 aliphatic rings. The number of aromatic amines is 1. The molecule has 1 heterocycles. The summed E-state index contributed by atoms with van der Waals surface area (Å²) in [6.45, 7) is -1.09. The Labute approximate surface area is 183 Å². The summed E-state index contributed by atoms with van der Waals surface area (Å²) in [5.74, 6) is -3.62. The van der Waals surface area contributed by atoms with Crippen molar-refractivity contribution in [1.82, 2.24) is 25.9 Å². The number of amides is 3. The van der Waals surface area contributed by atoms with Gasteiger partial charge >= 0.3 is 5.97 Å². The maximum atomic E-state index is 12.9. The Bertz CT molecular complexity index is 794. The number of carbonyl (C=O) groups excluding carboxylic acids is 3. The van der Waals surface area contributed by atoms with Crippen LogP contribution < -0.4 is 33.2 Å². The number of H-pyrrole nitrogens is 1. The number of nitrogens with one attached hydrogen (secondary N) is 4. The number of aliphatic carboxylic acids is 1. The molecule has 0 fully saturated rings. The second kappa shape index (κ2) is 13.6. The minimum Gasteiger partial charge on any atom is -0.480 e. The Morgan fingerprint density at radius 3 is 2.38 bits per heavy atom. The van der Waals surface area contributed by atoms with Crippen molar-refractivity contribution in [2.24, 2.45) is 22.2 Å². The van der Waals surface area contributed by atoms with Crippen molar-refractivity contribution >= 4 is 29.7 Å². The van der Waals surface area contributed by atoms with E-state index in [0.717, 1.165) is 0 Å². The zero-order chi connectivity index (χ0) is 24.1. The molecule has 3 atom stereocenters. The van der Waals surface area contributed by atoms with Crippen molar-refractivity contribution in [3.8, 4) is 0 Å². The van der Waals surface area contributed by atoms with Crippen LogP contribution in [0.5, 0.6) is 0 Å². The minimum absolute atomic E-state index is 0.0119. The van der Waals surface area contributed by atoms with Crippen LogP contribution in [0.25, 0.3) is 0 Å². The monoisotopic (exact) mass is 455 g/mol. The molecular weight excluding hydrogens is 426 g/mol. The van der Waals surface area contributed by atoms with Gasteiger partial charge in [-0.1, -0.05) is 0 Å². The van der Waals surface area contributed by atoms with Gasteiger partial charge in [-0.3, -0.25) is 24.2 Å². The number of carbonyl (C=O) groups is 4. The third-order valence-corrected chi connectivity index (χ3v) is 4.14. The number of rotatable bonds is 14. The first-order valence-corrected chi connectivity index (χ1v) is 9.63.